The molecule has 2 aromatic heterocycles. The Morgan fingerprint density at radius 1 is 1.50 bits per heavy atom. The number of esters is 1. The van der Waals surface area contributed by atoms with Crippen LogP contribution in [0.15, 0.2) is 14.3 Å². The second kappa shape index (κ2) is 4.41. The van der Waals surface area contributed by atoms with Gasteiger partial charge in [0.2, 0.25) is 0 Å². The summed E-state index contributed by atoms with van der Waals surface area (Å²) in [7, 11) is 2.72. The van der Waals surface area contributed by atoms with Crippen LogP contribution in [-0.4, -0.2) is 32.2 Å². The van der Waals surface area contributed by atoms with E-state index in [1.54, 1.807) is 0 Å². The first kappa shape index (κ1) is 12.6. The summed E-state index contributed by atoms with van der Waals surface area (Å²) >= 11 is 3.14. The monoisotopic (exact) mass is 316 g/mol. The minimum atomic E-state index is -0.602. The van der Waals surface area contributed by atoms with Crippen molar-refractivity contribution in [1.29, 1.82) is 0 Å². The van der Waals surface area contributed by atoms with Crippen LogP contribution in [0.3, 0.4) is 0 Å². The first-order valence-electron chi connectivity index (χ1n) is 4.87. The minimum absolute atomic E-state index is 0.134. The predicted molar refractivity (Wildman–Crippen MR) is 65.3 cm³/mol. The van der Waals surface area contributed by atoms with E-state index in [-0.39, 0.29) is 22.4 Å². The van der Waals surface area contributed by atoms with Crippen molar-refractivity contribution < 1.29 is 9.53 Å². The summed E-state index contributed by atoms with van der Waals surface area (Å²) in [5, 5.41) is 0. The zero-order valence-corrected chi connectivity index (χ0v) is 11.1. The summed E-state index contributed by atoms with van der Waals surface area (Å²) in [6, 6.07) is 0. The van der Waals surface area contributed by atoms with Gasteiger partial charge in [0.25, 0.3) is 5.56 Å². The van der Waals surface area contributed by atoms with E-state index in [0.717, 1.165) is 0 Å². The summed E-state index contributed by atoms with van der Waals surface area (Å²) in [6.45, 7) is -0.172. The SMILES string of the molecule is COC(=O)Cn1c(Br)nc2c1c(=O)[nH]c(=O)n2C. The third-order valence-corrected chi connectivity index (χ3v) is 3.08. The largest absolute Gasteiger partial charge is 0.468 e. The number of ether oxygens (including phenoxy) is 1. The van der Waals surface area contributed by atoms with Gasteiger partial charge in [-0.3, -0.25) is 19.1 Å². The van der Waals surface area contributed by atoms with Crippen molar-refractivity contribution in [2.75, 3.05) is 7.11 Å². The van der Waals surface area contributed by atoms with Gasteiger partial charge in [0.1, 0.15) is 6.54 Å². The molecule has 2 heterocycles. The Balaban J connectivity index is 2.79. The second-order valence-corrected chi connectivity index (χ2v) is 4.24. The van der Waals surface area contributed by atoms with Crippen molar-refractivity contribution in [3.63, 3.8) is 0 Å². The van der Waals surface area contributed by atoms with Gasteiger partial charge in [-0.05, 0) is 15.9 Å². The average Bonchev–Trinajstić information content (AvgIpc) is 2.64. The van der Waals surface area contributed by atoms with Crippen LogP contribution in [0.5, 0.6) is 0 Å². The molecule has 0 radical (unpaired) electrons. The first-order chi connectivity index (χ1) is 8.45. The third-order valence-electron chi connectivity index (χ3n) is 2.48. The summed E-state index contributed by atoms with van der Waals surface area (Å²) in [5.41, 5.74) is -0.841. The van der Waals surface area contributed by atoms with Crippen molar-refractivity contribution in [2.45, 2.75) is 6.54 Å². The van der Waals surface area contributed by atoms with Gasteiger partial charge in [-0.15, -0.1) is 0 Å². The van der Waals surface area contributed by atoms with Gasteiger partial charge in [-0.1, -0.05) is 0 Å². The Labute approximate surface area is 108 Å². The highest BCUT2D eigenvalue weighted by Crippen LogP contribution is 2.15. The number of hydrogen-bond donors (Lipinski definition) is 1. The maximum absolute atomic E-state index is 11.8. The standard InChI is InChI=1S/C9H9BrN4O4/c1-13-6-5(7(16)12-9(13)17)14(8(10)11-6)3-4(15)18-2/h3H2,1-2H3,(H,12,16,17). The number of H-pyrrole nitrogens is 1. The lowest BCUT2D eigenvalue weighted by atomic mass is 10.5. The molecule has 2 aromatic rings. The van der Waals surface area contributed by atoms with Crippen molar-refractivity contribution in [3.8, 4) is 0 Å². The predicted octanol–water partition coefficient (Wildman–Crippen LogP) is -0.641. The molecule has 2 rings (SSSR count). The van der Waals surface area contributed by atoms with E-state index >= 15 is 0 Å². The average molecular weight is 317 g/mol. The molecule has 0 aliphatic heterocycles. The van der Waals surface area contributed by atoms with E-state index in [4.69, 9.17) is 0 Å². The number of nitrogens with zero attached hydrogens (tertiary/aromatic N) is 3. The zero-order valence-electron chi connectivity index (χ0n) is 9.56. The molecule has 0 saturated heterocycles. The fourth-order valence-corrected chi connectivity index (χ4v) is 2.02. The Hall–Kier alpha value is -1.90. The molecule has 0 aromatic carbocycles. The molecule has 0 saturated carbocycles. The molecule has 0 spiro atoms. The lowest BCUT2D eigenvalue weighted by molar-refractivity contribution is -0.141. The molecule has 0 aliphatic carbocycles. The minimum Gasteiger partial charge on any atom is -0.468 e. The molecule has 0 fully saturated rings. The van der Waals surface area contributed by atoms with Crippen molar-refractivity contribution in [3.05, 3.63) is 25.6 Å². The van der Waals surface area contributed by atoms with Crippen LogP contribution in [0.4, 0.5) is 0 Å². The fourth-order valence-electron chi connectivity index (χ4n) is 1.55. The zero-order chi connectivity index (χ0) is 13.4. The molecule has 0 unspecified atom stereocenters. The number of aromatic nitrogens is 4. The van der Waals surface area contributed by atoms with Crippen LogP contribution in [-0.2, 0) is 23.1 Å². The van der Waals surface area contributed by atoms with Gasteiger partial charge in [0, 0.05) is 7.05 Å². The number of halogens is 1. The van der Waals surface area contributed by atoms with Gasteiger partial charge in [0.15, 0.2) is 15.9 Å². The van der Waals surface area contributed by atoms with E-state index < -0.39 is 17.2 Å². The molecular formula is C9H9BrN4O4. The molecule has 0 aliphatic rings. The lowest BCUT2D eigenvalue weighted by Crippen LogP contribution is -2.29. The maximum atomic E-state index is 11.8. The van der Waals surface area contributed by atoms with Crippen molar-refractivity contribution in [1.82, 2.24) is 19.1 Å². The fraction of sp³-hybridized carbons (Fsp3) is 0.333. The molecule has 96 valence electrons. The number of aromatic amines is 1. The Morgan fingerprint density at radius 3 is 2.78 bits per heavy atom. The van der Waals surface area contributed by atoms with Gasteiger partial charge in [-0.2, -0.15) is 0 Å². The summed E-state index contributed by atoms with van der Waals surface area (Å²) in [4.78, 5) is 40.6. The number of carbonyl (C=O) groups excluding carboxylic acids is 1. The first-order valence-corrected chi connectivity index (χ1v) is 5.67. The highest BCUT2D eigenvalue weighted by Gasteiger charge is 2.17. The molecule has 18 heavy (non-hydrogen) atoms. The van der Waals surface area contributed by atoms with Crippen LogP contribution in [0, 0.1) is 0 Å². The molecule has 0 bridgehead atoms. The maximum Gasteiger partial charge on any atom is 0.329 e. The number of rotatable bonds is 2. The number of imidazole rings is 1. The number of aryl methyl sites for hydroxylation is 1. The summed E-state index contributed by atoms with van der Waals surface area (Å²) < 4.78 is 7.33. The summed E-state index contributed by atoms with van der Waals surface area (Å²) in [5.74, 6) is -0.525. The van der Waals surface area contributed by atoms with E-state index in [1.807, 2.05) is 0 Å². The van der Waals surface area contributed by atoms with Crippen LogP contribution in [0.2, 0.25) is 0 Å². The molecule has 0 atom stereocenters. The van der Waals surface area contributed by atoms with Crippen LogP contribution in [0.1, 0.15) is 0 Å². The molecule has 9 heteroatoms. The quantitative estimate of drug-likeness (QED) is 0.587. The Morgan fingerprint density at radius 2 is 2.17 bits per heavy atom. The highest BCUT2D eigenvalue weighted by molar-refractivity contribution is 9.10. The number of carbonyl (C=O) groups is 1. The molecular weight excluding hydrogens is 308 g/mol. The number of fused-ring (bicyclic) bond motifs is 1. The van der Waals surface area contributed by atoms with Gasteiger partial charge >= 0.3 is 11.7 Å². The number of methoxy groups -OCH3 is 1. The van der Waals surface area contributed by atoms with E-state index in [9.17, 15) is 14.4 Å². The smallest absolute Gasteiger partial charge is 0.329 e. The van der Waals surface area contributed by atoms with Crippen LogP contribution < -0.4 is 11.2 Å². The van der Waals surface area contributed by atoms with Crippen molar-refractivity contribution in [2.24, 2.45) is 7.05 Å². The van der Waals surface area contributed by atoms with Gasteiger partial charge in [-0.25, -0.2) is 9.78 Å². The molecule has 8 nitrogen and oxygen atoms in total. The van der Waals surface area contributed by atoms with Gasteiger partial charge in [0.05, 0.1) is 7.11 Å². The number of hydrogen-bond acceptors (Lipinski definition) is 5. The van der Waals surface area contributed by atoms with Gasteiger partial charge < -0.3 is 9.30 Å². The Kier molecular flexibility index (Phi) is 3.07. The van der Waals surface area contributed by atoms with Crippen LogP contribution >= 0.6 is 15.9 Å². The third kappa shape index (κ3) is 1.86. The van der Waals surface area contributed by atoms with E-state index in [1.165, 1.54) is 23.3 Å². The van der Waals surface area contributed by atoms with E-state index in [0.29, 0.717) is 0 Å². The topological polar surface area (TPSA) is 99.0 Å². The Bertz CT molecular complexity index is 741. The van der Waals surface area contributed by atoms with E-state index in [2.05, 4.69) is 30.6 Å². The molecule has 1 N–H and O–H groups in total. The summed E-state index contributed by atoms with van der Waals surface area (Å²) in [6.07, 6.45) is 0. The number of nitrogens with one attached hydrogen (secondary N) is 1. The van der Waals surface area contributed by atoms with Crippen LogP contribution in [0.25, 0.3) is 11.2 Å². The lowest BCUT2D eigenvalue weighted by Gasteiger charge is -2.03. The normalized spacial score (nSPS) is 10.8. The highest BCUT2D eigenvalue weighted by atomic mass is 79.9. The van der Waals surface area contributed by atoms with Crippen molar-refractivity contribution >= 4 is 33.1 Å². The molecule has 0 amide bonds. The second-order valence-electron chi connectivity index (χ2n) is 3.53.